The third-order valence-electron chi connectivity index (χ3n) is 11.6. The molecular weight excluding hydrogens is 815 g/mol. The van der Waals surface area contributed by atoms with Gasteiger partial charge < -0.3 is 16.0 Å². The predicted molar refractivity (Wildman–Crippen MR) is 225 cm³/mol. The molecule has 0 spiro atoms. The number of nitrogens with one attached hydrogen (secondary N) is 3. The van der Waals surface area contributed by atoms with Crippen molar-refractivity contribution in [3.05, 3.63) is 122 Å². The minimum atomic E-state index is 0. The van der Waals surface area contributed by atoms with Gasteiger partial charge in [-0.15, -0.1) is 47.4 Å². The van der Waals surface area contributed by atoms with Crippen LogP contribution in [0.5, 0.6) is 0 Å². The topological polar surface area (TPSA) is 79.7 Å². The van der Waals surface area contributed by atoms with E-state index in [-0.39, 0.29) is 43.3 Å². The molecule has 14 heteroatoms. The fourth-order valence-electron chi connectivity index (χ4n) is 8.63. The summed E-state index contributed by atoms with van der Waals surface area (Å²) in [6.45, 7) is 6.59. The maximum Gasteiger partial charge on any atom is 0.162 e. The monoisotopic (exact) mass is 855 g/mol. The van der Waals surface area contributed by atoms with Gasteiger partial charge in [-0.2, -0.15) is 4.80 Å². The lowest BCUT2D eigenvalue weighted by atomic mass is 9.87. The molecule has 5 aromatic rings. The Bertz CT molecular complexity index is 1900. The second kappa shape index (κ2) is 17.9. The Morgan fingerprint density at radius 2 is 1.26 bits per heavy atom. The first-order valence-corrected chi connectivity index (χ1v) is 19.1. The molecule has 5 fully saturated rings. The van der Waals surface area contributed by atoms with Gasteiger partial charge in [0.05, 0.1) is 20.1 Å². The van der Waals surface area contributed by atoms with Crippen molar-refractivity contribution in [2.45, 2.75) is 42.6 Å². The number of tetrazole rings is 1. The SMILES string of the molecule is Cl.Cl.Cl.Clc1ccc([C@@]23CNCC2C3)cc1Cl.Clc1ccc([C@]23CNCC2C3)cc1Cl.c1ccc2cc([C@H]([C@H]3CCCNC3)n3ncnn3)ccc2c1. The first-order valence-electron chi connectivity index (χ1n) is 17.6. The average molecular weight is 859 g/mol. The molecule has 2 aliphatic carbocycles. The van der Waals surface area contributed by atoms with Crippen LogP contribution in [0.1, 0.15) is 48.4 Å². The van der Waals surface area contributed by atoms with Crippen molar-refractivity contribution in [2.24, 2.45) is 17.8 Å². The van der Waals surface area contributed by atoms with E-state index in [0.29, 0.717) is 36.8 Å². The van der Waals surface area contributed by atoms with Gasteiger partial charge in [0.15, 0.2) is 6.33 Å². The third-order valence-corrected chi connectivity index (χ3v) is 13.1. The summed E-state index contributed by atoms with van der Waals surface area (Å²) in [6, 6.07) is 27.3. The fourth-order valence-corrected chi connectivity index (χ4v) is 9.22. The van der Waals surface area contributed by atoms with Gasteiger partial charge >= 0.3 is 0 Å². The molecular formula is C39H44Cl7N7. The molecule has 0 amide bonds. The summed E-state index contributed by atoms with van der Waals surface area (Å²) in [4.78, 5) is 1.77. The zero-order valence-corrected chi connectivity index (χ0v) is 34.5. The molecule has 4 heterocycles. The molecule has 0 radical (unpaired) electrons. The number of hydrogen-bond donors (Lipinski definition) is 3. The molecule has 0 bridgehead atoms. The van der Waals surface area contributed by atoms with Crippen LogP contribution < -0.4 is 16.0 Å². The summed E-state index contributed by atoms with van der Waals surface area (Å²) < 4.78 is 0. The summed E-state index contributed by atoms with van der Waals surface area (Å²) in [6.07, 6.45) is 6.51. The normalized spacial score (nSPS) is 26.5. The molecule has 3 aliphatic heterocycles. The number of piperidine rings is 3. The Labute approximate surface area is 349 Å². The first kappa shape index (κ1) is 42.3. The number of aromatic nitrogens is 4. The van der Waals surface area contributed by atoms with Crippen molar-refractivity contribution in [1.29, 1.82) is 0 Å². The molecule has 3 saturated heterocycles. The maximum atomic E-state index is 6.02. The molecule has 2 saturated carbocycles. The fraction of sp³-hybridized carbons (Fsp3) is 0.410. The summed E-state index contributed by atoms with van der Waals surface area (Å²) in [7, 11) is 0. The zero-order valence-electron chi connectivity index (χ0n) is 29.0. The van der Waals surface area contributed by atoms with Crippen LogP contribution in [-0.2, 0) is 10.8 Å². The third kappa shape index (κ3) is 8.76. The minimum absolute atomic E-state index is 0. The molecule has 53 heavy (non-hydrogen) atoms. The molecule has 1 aromatic heterocycles. The van der Waals surface area contributed by atoms with Gasteiger partial charge in [-0.05, 0) is 126 Å². The highest BCUT2D eigenvalue weighted by Gasteiger charge is 2.58. The van der Waals surface area contributed by atoms with Crippen molar-refractivity contribution < 1.29 is 0 Å². The molecule has 5 aliphatic rings. The van der Waals surface area contributed by atoms with Crippen molar-refractivity contribution in [2.75, 3.05) is 39.3 Å². The van der Waals surface area contributed by atoms with E-state index in [1.54, 1.807) is 4.80 Å². The Kier molecular flexibility index (Phi) is 14.3. The standard InChI is InChI=1S/C17H19N5.2C11H11Cl2N.3ClH/c1-2-5-14-10-15(8-7-13(14)4-1)17(22-20-12-19-21-22)16-6-3-9-18-11-16;2*12-9-2-1-7(3-10(9)13)11-4-8(11)5-14-6-11;;;/h1-2,4-5,7-8,10,12,16-18H,3,6,9,11H2;2*1-3,8,14H,4-6H2;3*1H/t16-,17+;2*8?,11-;;;/m010.../s1. The zero-order chi connectivity index (χ0) is 34.3. The van der Waals surface area contributed by atoms with Crippen molar-refractivity contribution in [3.8, 4) is 0 Å². The molecule has 4 aromatic carbocycles. The quantitative estimate of drug-likeness (QED) is 0.164. The lowest BCUT2D eigenvalue weighted by Gasteiger charge is -2.30. The van der Waals surface area contributed by atoms with Gasteiger partial charge in [0.1, 0.15) is 6.04 Å². The lowest BCUT2D eigenvalue weighted by molar-refractivity contribution is 0.261. The molecule has 3 N–H and O–H groups in total. The highest BCUT2D eigenvalue weighted by atomic mass is 35.5. The van der Waals surface area contributed by atoms with Gasteiger partial charge in [0.25, 0.3) is 0 Å². The van der Waals surface area contributed by atoms with E-state index >= 15 is 0 Å². The van der Waals surface area contributed by atoms with Gasteiger partial charge in [-0.25, -0.2) is 0 Å². The van der Waals surface area contributed by atoms with Crippen LogP contribution in [-0.4, -0.2) is 59.5 Å². The molecule has 284 valence electrons. The summed E-state index contributed by atoms with van der Waals surface area (Å²) in [5, 5.41) is 27.9. The van der Waals surface area contributed by atoms with E-state index in [1.165, 1.54) is 59.5 Å². The van der Waals surface area contributed by atoms with Crippen molar-refractivity contribution in [1.82, 2.24) is 36.2 Å². The maximum absolute atomic E-state index is 6.02. The van der Waals surface area contributed by atoms with Crippen LogP contribution in [0.15, 0.2) is 85.2 Å². The van der Waals surface area contributed by atoms with E-state index in [4.69, 9.17) is 46.4 Å². The van der Waals surface area contributed by atoms with E-state index in [1.807, 2.05) is 24.3 Å². The number of hydrogen-bond acceptors (Lipinski definition) is 6. The van der Waals surface area contributed by atoms with Crippen LogP contribution in [0.4, 0.5) is 0 Å². The van der Waals surface area contributed by atoms with Gasteiger partial charge in [0, 0.05) is 30.5 Å². The van der Waals surface area contributed by atoms with E-state index in [9.17, 15) is 0 Å². The summed E-state index contributed by atoms with van der Waals surface area (Å²) in [5.41, 5.74) is 4.72. The van der Waals surface area contributed by atoms with Gasteiger partial charge in [0.2, 0.25) is 0 Å². The predicted octanol–water partition coefficient (Wildman–Crippen LogP) is 9.39. The van der Waals surface area contributed by atoms with Crippen LogP contribution in [0.2, 0.25) is 20.1 Å². The van der Waals surface area contributed by atoms with Crippen molar-refractivity contribution in [3.63, 3.8) is 0 Å². The second-order valence-corrected chi connectivity index (χ2v) is 16.2. The largest absolute Gasteiger partial charge is 0.316 e. The van der Waals surface area contributed by atoms with E-state index < -0.39 is 0 Å². The van der Waals surface area contributed by atoms with Crippen molar-refractivity contribution >= 4 is 94.4 Å². The Balaban J connectivity index is 0.000000155. The number of nitrogens with zero attached hydrogens (tertiary/aromatic N) is 4. The Morgan fingerprint density at radius 3 is 1.74 bits per heavy atom. The van der Waals surface area contributed by atoms with E-state index in [2.05, 4.69) is 86.0 Å². The highest BCUT2D eigenvalue weighted by Crippen LogP contribution is 2.57. The van der Waals surface area contributed by atoms with Gasteiger partial charge in [-0.1, -0.05) is 94.9 Å². The average Bonchev–Trinajstić information content (AvgIpc) is 3.71. The summed E-state index contributed by atoms with van der Waals surface area (Å²) in [5.74, 6) is 2.13. The van der Waals surface area contributed by atoms with Crippen LogP contribution >= 0.6 is 83.6 Å². The number of benzene rings is 4. The summed E-state index contributed by atoms with van der Waals surface area (Å²) >= 11 is 23.8. The highest BCUT2D eigenvalue weighted by molar-refractivity contribution is 6.42. The molecule has 7 nitrogen and oxygen atoms in total. The smallest absolute Gasteiger partial charge is 0.162 e. The molecule has 6 atom stereocenters. The number of halogens is 7. The number of fused-ring (bicyclic) bond motifs is 3. The minimum Gasteiger partial charge on any atom is -0.316 e. The van der Waals surface area contributed by atoms with E-state index in [0.717, 1.165) is 51.1 Å². The van der Waals surface area contributed by atoms with Gasteiger partial charge in [-0.3, -0.25) is 0 Å². The Hall–Kier alpha value is -1.88. The van der Waals surface area contributed by atoms with Crippen LogP contribution in [0, 0.1) is 17.8 Å². The van der Waals surface area contributed by atoms with Crippen LogP contribution in [0.3, 0.4) is 0 Å². The van der Waals surface area contributed by atoms with Crippen LogP contribution in [0.25, 0.3) is 10.8 Å². The Morgan fingerprint density at radius 1 is 0.660 bits per heavy atom. The molecule has 2 unspecified atom stereocenters. The second-order valence-electron chi connectivity index (χ2n) is 14.5. The molecule has 10 rings (SSSR count). The first-order chi connectivity index (χ1) is 24.4. The number of rotatable bonds is 5. The lowest BCUT2D eigenvalue weighted by Crippen LogP contribution is -2.36.